The molecule has 1 N–H and O–H groups in total. The monoisotopic (exact) mass is 420 g/mol. The summed E-state index contributed by atoms with van der Waals surface area (Å²) in [5.41, 5.74) is 0.784. The second-order valence-electron chi connectivity index (χ2n) is 7.67. The lowest BCUT2D eigenvalue weighted by molar-refractivity contribution is -0.137. The number of hydrogen-bond donors (Lipinski definition) is 1. The highest BCUT2D eigenvalue weighted by atomic mass is 35.5. The molecule has 1 aliphatic carbocycles. The molecule has 1 aromatic heterocycles. The molecule has 0 atom stereocenters. The minimum Gasteiger partial charge on any atom is -0.451 e. The maximum absolute atomic E-state index is 13.1. The lowest BCUT2D eigenvalue weighted by Crippen LogP contribution is -2.31. The summed E-state index contributed by atoms with van der Waals surface area (Å²) in [6, 6.07) is 9.68. The molecule has 29 heavy (non-hydrogen) atoms. The van der Waals surface area contributed by atoms with E-state index >= 15 is 0 Å². The van der Waals surface area contributed by atoms with E-state index in [-0.39, 0.29) is 16.9 Å². The van der Waals surface area contributed by atoms with Crippen molar-refractivity contribution in [2.24, 2.45) is 0 Å². The standard InChI is InChI=1S/C21H16ClF3N2O2/c22-15-10-17-16(9-14(15)21(23,24)25)26-18(27-17)11-5-7-20(8-6-11)13-4-2-1-3-12(13)19(28)29-20/h1-4,9-11H,5-8H2,(H,26,27)/t11-,20-. The zero-order valence-corrected chi connectivity index (χ0v) is 15.9. The van der Waals surface area contributed by atoms with Crippen LogP contribution in [0.5, 0.6) is 0 Å². The summed E-state index contributed by atoms with van der Waals surface area (Å²) in [4.78, 5) is 19.7. The van der Waals surface area contributed by atoms with Crippen LogP contribution in [0.3, 0.4) is 0 Å². The van der Waals surface area contributed by atoms with E-state index in [1.165, 1.54) is 6.07 Å². The van der Waals surface area contributed by atoms with Crippen LogP contribution in [-0.2, 0) is 16.5 Å². The van der Waals surface area contributed by atoms with Crippen LogP contribution in [0.1, 0.15) is 58.9 Å². The highest BCUT2D eigenvalue weighted by molar-refractivity contribution is 6.32. The van der Waals surface area contributed by atoms with Gasteiger partial charge in [-0.1, -0.05) is 29.8 Å². The predicted octanol–water partition coefficient (Wildman–Crippen LogP) is 5.96. The third-order valence-corrected chi connectivity index (χ3v) is 6.31. The first kappa shape index (κ1) is 18.5. The number of fused-ring (bicyclic) bond motifs is 3. The highest BCUT2D eigenvalue weighted by Gasteiger charge is 2.47. The van der Waals surface area contributed by atoms with Gasteiger partial charge in [0, 0.05) is 11.5 Å². The van der Waals surface area contributed by atoms with Gasteiger partial charge >= 0.3 is 12.1 Å². The average molecular weight is 421 g/mol. The van der Waals surface area contributed by atoms with Gasteiger partial charge in [-0.3, -0.25) is 0 Å². The van der Waals surface area contributed by atoms with E-state index in [0.717, 1.165) is 11.6 Å². The molecule has 2 heterocycles. The van der Waals surface area contributed by atoms with Crippen LogP contribution >= 0.6 is 11.6 Å². The van der Waals surface area contributed by atoms with Gasteiger partial charge in [0.2, 0.25) is 0 Å². The SMILES string of the molecule is O=C1O[C@]2(CC[C@H](c3nc4cc(Cl)c(C(F)(F)F)cc4[nH]3)CC2)c2ccccc21. The first-order valence-corrected chi connectivity index (χ1v) is 9.74. The number of halogens is 4. The first-order chi connectivity index (χ1) is 13.8. The molecule has 2 aromatic carbocycles. The maximum Gasteiger partial charge on any atom is 0.417 e. The average Bonchev–Trinajstić information content (AvgIpc) is 3.20. The van der Waals surface area contributed by atoms with Crippen LogP contribution in [0.2, 0.25) is 5.02 Å². The molecule has 0 bridgehead atoms. The third kappa shape index (κ3) is 2.90. The number of carbonyl (C=O) groups excluding carboxylic acids is 1. The minimum absolute atomic E-state index is 0.0487. The second kappa shape index (κ2) is 6.23. The fourth-order valence-corrected chi connectivity index (χ4v) is 4.80. The van der Waals surface area contributed by atoms with Crippen molar-refractivity contribution < 1.29 is 22.7 Å². The molecular weight excluding hydrogens is 405 g/mol. The van der Waals surface area contributed by atoms with E-state index in [0.29, 0.717) is 48.1 Å². The van der Waals surface area contributed by atoms with Gasteiger partial charge < -0.3 is 9.72 Å². The Balaban J connectivity index is 1.42. The van der Waals surface area contributed by atoms with Gasteiger partial charge in [-0.05, 0) is 43.9 Å². The molecule has 1 aliphatic heterocycles. The van der Waals surface area contributed by atoms with E-state index in [1.807, 2.05) is 18.2 Å². The molecule has 8 heteroatoms. The molecule has 1 saturated carbocycles. The number of benzene rings is 2. The van der Waals surface area contributed by atoms with Crippen molar-refractivity contribution in [3.05, 3.63) is 63.9 Å². The molecule has 4 nitrogen and oxygen atoms in total. The lowest BCUT2D eigenvalue weighted by Gasteiger charge is -2.35. The third-order valence-electron chi connectivity index (χ3n) is 6.00. The molecule has 0 radical (unpaired) electrons. The zero-order chi connectivity index (χ0) is 20.4. The largest absolute Gasteiger partial charge is 0.451 e. The molecule has 0 saturated heterocycles. The number of nitrogens with zero attached hydrogens (tertiary/aromatic N) is 1. The lowest BCUT2D eigenvalue weighted by atomic mass is 9.75. The smallest absolute Gasteiger partial charge is 0.417 e. The van der Waals surface area contributed by atoms with Crippen molar-refractivity contribution in [3.8, 4) is 0 Å². The number of aromatic amines is 1. The van der Waals surface area contributed by atoms with Crippen molar-refractivity contribution in [1.29, 1.82) is 0 Å². The maximum atomic E-state index is 13.1. The van der Waals surface area contributed by atoms with Crippen LogP contribution in [0.4, 0.5) is 13.2 Å². The van der Waals surface area contributed by atoms with Crippen molar-refractivity contribution in [2.45, 2.75) is 43.4 Å². The number of alkyl halides is 3. The Morgan fingerprint density at radius 1 is 1.17 bits per heavy atom. The Hall–Kier alpha value is -2.54. The molecule has 5 rings (SSSR count). The van der Waals surface area contributed by atoms with Crippen LogP contribution in [0, 0.1) is 0 Å². The van der Waals surface area contributed by atoms with Gasteiger partial charge in [-0.25, -0.2) is 9.78 Å². The summed E-state index contributed by atoms with van der Waals surface area (Å²) < 4.78 is 45.1. The van der Waals surface area contributed by atoms with E-state index in [1.54, 1.807) is 6.07 Å². The fourth-order valence-electron chi connectivity index (χ4n) is 4.54. The quantitative estimate of drug-likeness (QED) is 0.494. The summed E-state index contributed by atoms with van der Waals surface area (Å²) in [7, 11) is 0. The Labute approximate surface area is 169 Å². The number of H-pyrrole nitrogens is 1. The molecular formula is C21H16ClF3N2O2. The predicted molar refractivity (Wildman–Crippen MR) is 101 cm³/mol. The molecule has 1 spiro atoms. The Bertz CT molecular complexity index is 1130. The van der Waals surface area contributed by atoms with Gasteiger partial charge in [-0.15, -0.1) is 0 Å². The summed E-state index contributed by atoms with van der Waals surface area (Å²) >= 11 is 5.80. The summed E-state index contributed by atoms with van der Waals surface area (Å²) in [5, 5.41) is -0.361. The van der Waals surface area contributed by atoms with Gasteiger partial charge in [0.15, 0.2) is 0 Å². The number of rotatable bonds is 1. The van der Waals surface area contributed by atoms with Crippen LogP contribution in [0.15, 0.2) is 36.4 Å². The van der Waals surface area contributed by atoms with Crippen molar-refractivity contribution >= 4 is 28.6 Å². The van der Waals surface area contributed by atoms with Crippen LogP contribution in [-0.4, -0.2) is 15.9 Å². The molecule has 0 amide bonds. The first-order valence-electron chi connectivity index (χ1n) is 9.36. The van der Waals surface area contributed by atoms with Crippen molar-refractivity contribution in [1.82, 2.24) is 9.97 Å². The second-order valence-corrected chi connectivity index (χ2v) is 8.08. The van der Waals surface area contributed by atoms with E-state index in [2.05, 4.69) is 9.97 Å². The van der Waals surface area contributed by atoms with Gasteiger partial charge in [0.05, 0.1) is 27.2 Å². The van der Waals surface area contributed by atoms with Gasteiger partial charge in [0.1, 0.15) is 11.4 Å². The van der Waals surface area contributed by atoms with E-state index in [4.69, 9.17) is 16.3 Å². The number of aromatic nitrogens is 2. The molecule has 1 fully saturated rings. The Morgan fingerprint density at radius 2 is 1.90 bits per heavy atom. The molecule has 0 unspecified atom stereocenters. The number of imidazole rings is 1. The summed E-state index contributed by atoms with van der Waals surface area (Å²) in [5.74, 6) is 0.396. The molecule has 3 aromatic rings. The fraction of sp³-hybridized carbons (Fsp3) is 0.333. The number of esters is 1. The Kier molecular flexibility index (Phi) is 3.97. The Morgan fingerprint density at radius 3 is 2.62 bits per heavy atom. The van der Waals surface area contributed by atoms with Gasteiger partial charge in [-0.2, -0.15) is 13.2 Å². The number of ether oxygens (including phenoxy) is 1. The topological polar surface area (TPSA) is 55.0 Å². The van der Waals surface area contributed by atoms with Crippen LogP contribution in [0.25, 0.3) is 11.0 Å². The normalized spacial score (nSPS) is 24.1. The van der Waals surface area contributed by atoms with Crippen LogP contribution < -0.4 is 0 Å². The van der Waals surface area contributed by atoms with Crippen molar-refractivity contribution in [2.75, 3.05) is 0 Å². The van der Waals surface area contributed by atoms with Gasteiger partial charge in [0.25, 0.3) is 0 Å². The van der Waals surface area contributed by atoms with E-state index in [9.17, 15) is 18.0 Å². The minimum atomic E-state index is -4.52. The molecule has 2 aliphatic rings. The molecule has 150 valence electrons. The van der Waals surface area contributed by atoms with E-state index < -0.39 is 17.3 Å². The number of hydrogen-bond acceptors (Lipinski definition) is 3. The highest BCUT2D eigenvalue weighted by Crippen LogP contribution is 2.50. The number of nitrogens with one attached hydrogen (secondary N) is 1. The summed E-state index contributed by atoms with van der Waals surface area (Å²) in [6.45, 7) is 0. The number of carbonyl (C=O) groups is 1. The summed E-state index contributed by atoms with van der Waals surface area (Å²) in [6.07, 6.45) is -1.81. The zero-order valence-electron chi connectivity index (χ0n) is 15.1. The van der Waals surface area contributed by atoms with Crippen molar-refractivity contribution in [3.63, 3.8) is 0 Å².